The Morgan fingerprint density at radius 2 is 1.64 bits per heavy atom. The van der Waals surface area contributed by atoms with Gasteiger partial charge < -0.3 is 9.64 Å². The topological polar surface area (TPSA) is 36.0 Å². The van der Waals surface area contributed by atoms with Crippen LogP contribution in [-0.4, -0.2) is 73.5 Å². The molecular formula is C22H28FN3O2. The summed E-state index contributed by atoms with van der Waals surface area (Å²) in [7, 11) is 1.79. The first-order chi connectivity index (χ1) is 13.6. The van der Waals surface area contributed by atoms with Crippen LogP contribution in [0.25, 0.3) is 0 Å². The second kappa shape index (κ2) is 10.2. The maximum Gasteiger partial charge on any atom is 0.236 e. The van der Waals surface area contributed by atoms with E-state index in [-0.39, 0.29) is 11.7 Å². The van der Waals surface area contributed by atoms with Gasteiger partial charge in [-0.25, -0.2) is 4.39 Å². The Morgan fingerprint density at radius 3 is 2.32 bits per heavy atom. The zero-order valence-electron chi connectivity index (χ0n) is 16.4. The number of nitrogens with zero attached hydrogens (tertiary/aromatic N) is 3. The number of amides is 1. The number of halogens is 1. The van der Waals surface area contributed by atoms with E-state index in [1.54, 1.807) is 24.1 Å². The standard InChI is InChI=1S/C22H28FN3O2/c1-24(17-19-7-9-20(23)10-8-19)22(27)18-26-13-11-25(12-14-26)15-16-28-21-5-3-2-4-6-21/h2-10H,11-18H2,1H3. The van der Waals surface area contributed by atoms with Crippen LogP contribution in [0, 0.1) is 5.82 Å². The number of ether oxygens (including phenoxy) is 1. The van der Waals surface area contributed by atoms with Crippen LogP contribution in [-0.2, 0) is 11.3 Å². The maximum absolute atomic E-state index is 13.0. The lowest BCUT2D eigenvalue weighted by Crippen LogP contribution is -2.50. The summed E-state index contributed by atoms with van der Waals surface area (Å²) in [6.07, 6.45) is 0. The van der Waals surface area contributed by atoms with Crippen molar-refractivity contribution in [1.29, 1.82) is 0 Å². The molecule has 0 N–H and O–H groups in total. The van der Waals surface area contributed by atoms with Gasteiger partial charge in [0, 0.05) is 46.3 Å². The lowest BCUT2D eigenvalue weighted by atomic mass is 10.2. The van der Waals surface area contributed by atoms with Crippen LogP contribution in [0.15, 0.2) is 54.6 Å². The Hall–Kier alpha value is -2.44. The molecule has 6 heteroatoms. The van der Waals surface area contributed by atoms with Crippen molar-refractivity contribution in [2.45, 2.75) is 6.54 Å². The Kier molecular flexibility index (Phi) is 7.39. The molecule has 0 unspecified atom stereocenters. The lowest BCUT2D eigenvalue weighted by molar-refractivity contribution is -0.132. The lowest BCUT2D eigenvalue weighted by Gasteiger charge is -2.34. The average Bonchev–Trinajstić information content (AvgIpc) is 2.72. The predicted octanol–water partition coefficient (Wildman–Crippen LogP) is 2.48. The number of carbonyl (C=O) groups is 1. The molecule has 0 saturated carbocycles. The SMILES string of the molecule is CN(Cc1ccc(F)cc1)C(=O)CN1CCN(CCOc2ccccc2)CC1. The van der Waals surface area contributed by atoms with Gasteiger partial charge in [-0.1, -0.05) is 30.3 Å². The molecule has 0 bridgehead atoms. The van der Waals surface area contributed by atoms with Crippen molar-refractivity contribution in [2.75, 3.05) is 52.9 Å². The van der Waals surface area contributed by atoms with Gasteiger partial charge in [0.1, 0.15) is 18.2 Å². The number of piperazine rings is 1. The van der Waals surface area contributed by atoms with E-state index in [0.29, 0.717) is 19.7 Å². The summed E-state index contributed by atoms with van der Waals surface area (Å²) in [5, 5.41) is 0. The molecule has 0 aromatic heterocycles. The molecule has 0 spiro atoms. The molecule has 1 aliphatic heterocycles. The summed E-state index contributed by atoms with van der Waals surface area (Å²) in [5.74, 6) is 0.728. The molecule has 2 aromatic rings. The second-order valence-electron chi connectivity index (χ2n) is 7.16. The molecule has 0 radical (unpaired) electrons. The minimum atomic E-state index is -0.259. The fourth-order valence-electron chi connectivity index (χ4n) is 3.24. The third-order valence-corrected chi connectivity index (χ3v) is 5.00. The van der Waals surface area contributed by atoms with Crippen molar-refractivity contribution in [2.24, 2.45) is 0 Å². The minimum Gasteiger partial charge on any atom is -0.492 e. The Labute approximate surface area is 166 Å². The van der Waals surface area contributed by atoms with E-state index in [2.05, 4.69) is 9.80 Å². The van der Waals surface area contributed by atoms with Crippen molar-refractivity contribution in [3.8, 4) is 5.75 Å². The van der Waals surface area contributed by atoms with Gasteiger partial charge in [0.15, 0.2) is 0 Å². The van der Waals surface area contributed by atoms with E-state index in [9.17, 15) is 9.18 Å². The van der Waals surface area contributed by atoms with Gasteiger partial charge in [-0.2, -0.15) is 0 Å². The predicted molar refractivity (Wildman–Crippen MR) is 108 cm³/mol. The molecular weight excluding hydrogens is 357 g/mol. The van der Waals surface area contributed by atoms with Gasteiger partial charge >= 0.3 is 0 Å². The van der Waals surface area contributed by atoms with Gasteiger partial charge in [-0.3, -0.25) is 14.6 Å². The summed E-state index contributed by atoms with van der Waals surface area (Å²) in [5.41, 5.74) is 0.931. The van der Waals surface area contributed by atoms with Crippen molar-refractivity contribution >= 4 is 5.91 Å². The fraction of sp³-hybridized carbons (Fsp3) is 0.409. The average molecular weight is 385 g/mol. The summed E-state index contributed by atoms with van der Waals surface area (Å²) in [4.78, 5) is 18.7. The Balaban J connectivity index is 1.34. The highest BCUT2D eigenvalue weighted by Crippen LogP contribution is 2.09. The van der Waals surface area contributed by atoms with Crippen molar-refractivity contribution in [3.63, 3.8) is 0 Å². The highest BCUT2D eigenvalue weighted by atomic mass is 19.1. The number of para-hydroxylation sites is 1. The second-order valence-corrected chi connectivity index (χ2v) is 7.16. The van der Waals surface area contributed by atoms with E-state index >= 15 is 0 Å². The number of hydrogen-bond donors (Lipinski definition) is 0. The minimum absolute atomic E-state index is 0.0881. The van der Waals surface area contributed by atoms with Crippen molar-refractivity contribution in [3.05, 3.63) is 66.0 Å². The van der Waals surface area contributed by atoms with Gasteiger partial charge in [0.05, 0.1) is 6.54 Å². The van der Waals surface area contributed by atoms with E-state index in [4.69, 9.17) is 4.74 Å². The van der Waals surface area contributed by atoms with Gasteiger partial charge in [0.2, 0.25) is 5.91 Å². The Morgan fingerprint density at radius 1 is 1.00 bits per heavy atom. The van der Waals surface area contributed by atoms with Crippen LogP contribution < -0.4 is 4.74 Å². The summed E-state index contributed by atoms with van der Waals surface area (Å²) in [6, 6.07) is 16.1. The quantitative estimate of drug-likeness (QED) is 0.700. The van der Waals surface area contributed by atoms with E-state index < -0.39 is 0 Å². The zero-order valence-corrected chi connectivity index (χ0v) is 16.4. The largest absolute Gasteiger partial charge is 0.492 e. The van der Waals surface area contributed by atoms with Gasteiger partial charge in [0.25, 0.3) is 0 Å². The van der Waals surface area contributed by atoms with Crippen LogP contribution in [0.1, 0.15) is 5.56 Å². The van der Waals surface area contributed by atoms with Crippen LogP contribution in [0.3, 0.4) is 0 Å². The molecule has 150 valence electrons. The highest BCUT2D eigenvalue weighted by Gasteiger charge is 2.20. The fourth-order valence-corrected chi connectivity index (χ4v) is 3.24. The molecule has 0 atom stereocenters. The molecule has 5 nitrogen and oxygen atoms in total. The molecule has 1 aliphatic rings. The Bertz CT molecular complexity index is 731. The number of rotatable bonds is 8. The molecule has 1 amide bonds. The molecule has 1 fully saturated rings. The third kappa shape index (κ3) is 6.32. The molecule has 3 rings (SSSR count). The normalized spacial score (nSPS) is 15.4. The number of likely N-dealkylation sites (N-methyl/N-ethyl adjacent to an activating group) is 1. The highest BCUT2D eigenvalue weighted by molar-refractivity contribution is 5.78. The van der Waals surface area contributed by atoms with Crippen LogP contribution in [0.5, 0.6) is 5.75 Å². The summed E-state index contributed by atoms with van der Waals surface area (Å²) < 4.78 is 18.7. The first-order valence-electron chi connectivity index (χ1n) is 9.71. The van der Waals surface area contributed by atoms with Crippen molar-refractivity contribution < 1.29 is 13.9 Å². The smallest absolute Gasteiger partial charge is 0.236 e. The number of benzene rings is 2. The van der Waals surface area contributed by atoms with Gasteiger partial charge in [-0.05, 0) is 29.8 Å². The number of hydrogen-bond acceptors (Lipinski definition) is 4. The summed E-state index contributed by atoms with van der Waals surface area (Å²) >= 11 is 0. The van der Waals surface area contributed by atoms with E-state index in [1.807, 2.05) is 30.3 Å². The number of carbonyl (C=O) groups excluding carboxylic acids is 1. The molecule has 1 saturated heterocycles. The third-order valence-electron chi connectivity index (χ3n) is 5.00. The van der Waals surface area contributed by atoms with E-state index in [1.165, 1.54) is 12.1 Å². The summed E-state index contributed by atoms with van der Waals surface area (Å²) in [6.45, 7) is 6.11. The first-order valence-corrected chi connectivity index (χ1v) is 9.71. The van der Waals surface area contributed by atoms with Crippen LogP contribution >= 0.6 is 0 Å². The van der Waals surface area contributed by atoms with E-state index in [0.717, 1.165) is 44.0 Å². The first kappa shape index (κ1) is 20.3. The van der Waals surface area contributed by atoms with Crippen LogP contribution in [0.4, 0.5) is 4.39 Å². The zero-order chi connectivity index (χ0) is 19.8. The van der Waals surface area contributed by atoms with Gasteiger partial charge in [-0.15, -0.1) is 0 Å². The molecule has 2 aromatic carbocycles. The molecule has 0 aliphatic carbocycles. The molecule has 1 heterocycles. The molecule has 28 heavy (non-hydrogen) atoms. The van der Waals surface area contributed by atoms with Crippen molar-refractivity contribution in [1.82, 2.24) is 14.7 Å². The van der Waals surface area contributed by atoms with Crippen LogP contribution in [0.2, 0.25) is 0 Å². The monoisotopic (exact) mass is 385 g/mol. The maximum atomic E-state index is 13.0.